The van der Waals surface area contributed by atoms with E-state index in [-0.39, 0.29) is 18.0 Å². The van der Waals surface area contributed by atoms with Gasteiger partial charge in [0.1, 0.15) is 11.4 Å². The van der Waals surface area contributed by atoms with E-state index < -0.39 is 0 Å². The minimum absolute atomic E-state index is 0.0278. The molecule has 0 saturated carbocycles. The van der Waals surface area contributed by atoms with Crippen molar-refractivity contribution in [3.8, 4) is 0 Å². The summed E-state index contributed by atoms with van der Waals surface area (Å²) in [5.74, 6) is -0.218. The van der Waals surface area contributed by atoms with Crippen LogP contribution in [-0.2, 0) is 30.7 Å². The Kier molecular flexibility index (Phi) is 4.31. The van der Waals surface area contributed by atoms with E-state index >= 15 is 0 Å². The number of aryl methyl sites for hydroxylation is 2. The summed E-state index contributed by atoms with van der Waals surface area (Å²) in [7, 11) is 0. The average Bonchev–Trinajstić information content (AvgIpc) is 3.18. The van der Waals surface area contributed by atoms with Crippen LogP contribution in [0.1, 0.15) is 22.4 Å². The van der Waals surface area contributed by atoms with Gasteiger partial charge in [-0.25, -0.2) is 4.98 Å². The van der Waals surface area contributed by atoms with Crippen LogP contribution in [0.5, 0.6) is 0 Å². The van der Waals surface area contributed by atoms with Gasteiger partial charge in [0.2, 0.25) is 5.91 Å². The molecule has 4 rings (SSSR count). The van der Waals surface area contributed by atoms with Gasteiger partial charge in [0.25, 0.3) is 5.56 Å². The largest absolute Gasteiger partial charge is 0.350 e. The molecule has 1 aliphatic carbocycles. The number of hydrogen-bond donors (Lipinski definition) is 1. The molecule has 1 amide bonds. The van der Waals surface area contributed by atoms with Crippen LogP contribution in [0.4, 0.5) is 0 Å². The molecule has 2 aromatic heterocycles. The first kappa shape index (κ1) is 16.3. The number of amides is 1. The number of aromatic nitrogens is 2. The Morgan fingerprint density at radius 2 is 2.08 bits per heavy atom. The maximum absolute atomic E-state index is 12.7. The highest BCUT2D eigenvalue weighted by Gasteiger charge is 2.21. The van der Waals surface area contributed by atoms with Crippen LogP contribution in [-0.4, -0.2) is 15.5 Å². The van der Waals surface area contributed by atoms with Gasteiger partial charge in [0.05, 0.1) is 11.7 Å². The fourth-order valence-electron chi connectivity index (χ4n) is 3.15. The zero-order chi connectivity index (χ0) is 17.4. The van der Waals surface area contributed by atoms with Gasteiger partial charge >= 0.3 is 0 Å². The molecular weight excluding hydrogens is 358 g/mol. The lowest BCUT2D eigenvalue weighted by atomic mass is 10.2. The van der Waals surface area contributed by atoms with Crippen molar-refractivity contribution in [1.82, 2.24) is 14.9 Å². The number of halogens is 1. The van der Waals surface area contributed by atoms with Gasteiger partial charge in [0, 0.05) is 16.4 Å². The van der Waals surface area contributed by atoms with Crippen LogP contribution in [0.3, 0.4) is 0 Å². The predicted octanol–water partition coefficient (Wildman–Crippen LogP) is 2.92. The number of hydrogen-bond acceptors (Lipinski definition) is 4. The molecule has 0 radical (unpaired) electrons. The SMILES string of the molecule is O=C(Cn1cnc2sc3c(c2c1=O)CCC3)NCc1ccc(Cl)cc1. The fraction of sp³-hybridized carbons (Fsp3) is 0.278. The summed E-state index contributed by atoms with van der Waals surface area (Å²) in [6, 6.07) is 7.28. The van der Waals surface area contributed by atoms with Crippen molar-refractivity contribution >= 4 is 39.1 Å². The summed E-state index contributed by atoms with van der Waals surface area (Å²) in [5, 5.41) is 4.18. The molecule has 7 heteroatoms. The normalized spacial score (nSPS) is 13.2. The molecule has 0 aliphatic heterocycles. The number of nitrogens with zero attached hydrogens (tertiary/aromatic N) is 2. The molecule has 1 N–H and O–H groups in total. The van der Waals surface area contributed by atoms with E-state index in [0.29, 0.717) is 17.0 Å². The molecule has 0 saturated heterocycles. The molecule has 128 valence electrons. The number of nitrogens with one attached hydrogen (secondary N) is 1. The summed E-state index contributed by atoms with van der Waals surface area (Å²) in [5.41, 5.74) is 1.97. The molecule has 2 heterocycles. The van der Waals surface area contributed by atoms with E-state index in [1.807, 2.05) is 12.1 Å². The molecular formula is C18H16ClN3O2S. The zero-order valence-corrected chi connectivity index (χ0v) is 15.0. The lowest BCUT2D eigenvalue weighted by molar-refractivity contribution is -0.121. The monoisotopic (exact) mass is 373 g/mol. The van der Waals surface area contributed by atoms with Crippen LogP contribution < -0.4 is 10.9 Å². The topological polar surface area (TPSA) is 64.0 Å². The Labute approximate surface area is 153 Å². The van der Waals surface area contributed by atoms with E-state index in [9.17, 15) is 9.59 Å². The molecule has 0 unspecified atom stereocenters. The summed E-state index contributed by atoms with van der Waals surface area (Å²) >= 11 is 7.45. The number of benzene rings is 1. The van der Waals surface area contributed by atoms with Gasteiger partial charge in [-0.15, -0.1) is 11.3 Å². The number of fused-ring (bicyclic) bond motifs is 3. The molecule has 0 atom stereocenters. The third-order valence-corrected chi connectivity index (χ3v) is 5.86. The zero-order valence-electron chi connectivity index (χ0n) is 13.4. The van der Waals surface area contributed by atoms with Crippen LogP contribution in [0.25, 0.3) is 10.2 Å². The van der Waals surface area contributed by atoms with Crippen LogP contribution >= 0.6 is 22.9 Å². The van der Waals surface area contributed by atoms with Gasteiger partial charge in [-0.2, -0.15) is 0 Å². The van der Waals surface area contributed by atoms with E-state index in [1.54, 1.807) is 23.5 Å². The van der Waals surface area contributed by atoms with E-state index in [2.05, 4.69) is 10.3 Å². The standard InChI is InChI=1S/C18H16ClN3O2S/c19-12-6-4-11(5-7-12)8-20-15(23)9-22-10-21-17-16(18(22)24)13-2-1-3-14(13)25-17/h4-7,10H,1-3,8-9H2,(H,20,23). The van der Waals surface area contributed by atoms with Gasteiger partial charge in [-0.1, -0.05) is 23.7 Å². The maximum atomic E-state index is 12.7. The van der Waals surface area contributed by atoms with Crippen LogP contribution in [0, 0.1) is 0 Å². The Bertz CT molecular complexity index is 1010. The second-order valence-electron chi connectivity index (χ2n) is 6.12. The number of thiophene rings is 1. The molecule has 1 aromatic carbocycles. The van der Waals surface area contributed by atoms with Gasteiger partial charge in [-0.05, 0) is 42.5 Å². The Morgan fingerprint density at radius 3 is 2.88 bits per heavy atom. The Morgan fingerprint density at radius 1 is 1.28 bits per heavy atom. The van der Waals surface area contributed by atoms with Crippen molar-refractivity contribution in [2.45, 2.75) is 32.4 Å². The molecule has 0 fully saturated rings. The quantitative estimate of drug-likeness (QED) is 0.764. The molecule has 25 heavy (non-hydrogen) atoms. The lowest BCUT2D eigenvalue weighted by Gasteiger charge is -2.08. The fourth-order valence-corrected chi connectivity index (χ4v) is 4.49. The first-order valence-electron chi connectivity index (χ1n) is 8.12. The van der Waals surface area contributed by atoms with E-state index in [1.165, 1.54) is 15.8 Å². The number of carbonyl (C=O) groups is 1. The van der Waals surface area contributed by atoms with Crippen LogP contribution in [0.2, 0.25) is 5.02 Å². The summed E-state index contributed by atoms with van der Waals surface area (Å²) in [4.78, 5) is 31.3. The predicted molar refractivity (Wildman–Crippen MR) is 99.2 cm³/mol. The second-order valence-corrected chi connectivity index (χ2v) is 7.64. The van der Waals surface area contributed by atoms with Crippen molar-refractivity contribution in [1.29, 1.82) is 0 Å². The third-order valence-electron chi connectivity index (χ3n) is 4.41. The first-order valence-corrected chi connectivity index (χ1v) is 9.32. The summed E-state index contributed by atoms with van der Waals surface area (Å²) in [6.45, 7) is 0.369. The summed E-state index contributed by atoms with van der Waals surface area (Å²) in [6.07, 6.45) is 4.52. The van der Waals surface area contributed by atoms with Crippen molar-refractivity contribution < 1.29 is 4.79 Å². The number of rotatable bonds is 4. The highest BCUT2D eigenvalue weighted by Crippen LogP contribution is 2.34. The molecule has 5 nitrogen and oxygen atoms in total. The highest BCUT2D eigenvalue weighted by molar-refractivity contribution is 7.18. The number of carbonyl (C=O) groups excluding carboxylic acids is 1. The molecule has 3 aromatic rings. The Hall–Kier alpha value is -2.18. The lowest BCUT2D eigenvalue weighted by Crippen LogP contribution is -2.32. The minimum atomic E-state index is -0.218. The van der Waals surface area contributed by atoms with Crippen LogP contribution in [0.15, 0.2) is 35.4 Å². The molecule has 0 bridgehead atoms. The van der Waals surface area contributed by atoms with E-state index in [4.69, 9.17) is 11.6 Å². The molecule has 0 spiro atoms. The van der Waals surface area contributed by atoms with Gasteiger partial charge in [-0.3, -0.25) is 14.2 Å². The molecule has 1 aliphatic rings. The maximum Gasteiger partial charge on any atom is 0.262 e. The van der Waals surface area contributed by atoms with Crippen molar-refractivity contribution in [3.63, 3.8) is 0 Å². The average molecular weight is 374 g/mol. The second kappa shape index (κ2) is 6.61. The Balaban J connectivity index is 1.50. The minimum Gasteiger partial charge on any atom is -0.350 e. The van der Waals surface area contributed by atoms with E-state index in [0.717, 1.165) is 35.2 Å². The van der Waals surface area contributed by atoms with Crippen molar-refractivity contribution in [3.05, 3.63) is 62.0 Å². The third kappa shape index (κ3) is 3.19. The highest BCUT2D eigenvalue weighted by atomic mass is 35.5. The summed E-state index contributed by atoms with van der Waals surface area (Å²) < 4.78 is 1.39. The van der Waals surface area contributed by atoms with Crippen molar-refractivity contribution in [2.24, 2.45) is 0 Å². The van der Waals surface area contributed by atoms with Gasteiger partial charge in [0.15, 0.2) is 0 Å². The smallest absolute Gasteiger partial charge is 0.262 e. The van der Waals surface area contributed by atoms with Gasteiger partial charge < -0.3 is 5.32 Å². The van der Waals surface area contributed by atoms with Crippen molar-refractivity contribution in [2.75, 3.05) is 0 Å². The first-order chi connectivity index (χ1) is 12.1.